The third kappa shape index (κ3) is 2.34. The fourth-order valence-corrected chi connectivity index (χ4v) is 4.74. The minimum atomic E-state index is -1.39. The summed E-state index contributed by atoms with van der Waals surface area (Å²) in [5.74, 6) is -3.02. The van der Waals surface area contributed by atoms with Crippen LogP contribution in [0.25, 0.3) is 10.9 Å². The van der Waals surface area contributed by atoms with Crippen molar-refractivity contribution in [3.63, 3.8) is 0 Å². The number of hydrogen-bond acceptors (Lipinski definition) is 5. The minimum absolute atomic E-state index is 0.0171. The Labute approximate surface area is 152 Å². The Balaban J connectivity index is 2.00. The maximum atomic E-state index is 15.4. The molecule has 1 N–H and O–H groups in total. The lowest BCUT2D eigenvalue weighted by Crippen LogP contribution is -2.45. The molecule has 4 rings (SSSR count). The topological polar surface area (TPSA) is 65.8 Å². The Kier molecular flexibility index (Phi) is 3.96. The van der Waals surface area contributed by atoms with Crippen molar-refractivity contribution < 1.29 is 18.7 Å². The van der Waals surface area contributed by atoms with Gasteiger partial charge in [-0.1, -0.05) is 11.8 Å². The molecule has 1 aromatic heterocycles. The number of hydrogen-bond donors (Lipinski definition) is 1. The number of halogens is 2. The number of rotatable bonds is 2. The first-order valence-electron chi connectivity index (χ1n) is 8.25. The number of carboxylic acid groups (broad SMARTS) is 1. The highest BCUT2D eigenvalue weighted by atomic mass is 32.2. The number of thioether (sulfide) groups is 1. The SMILES string of the molecule is CC1Sc2c(C(=O)O)c(=O)c3cc(F)c(N4CCN(C)CC4)c(F)c3n21. The fraction of sp³-hybridized carbons (Fsp3) is 0.412. The highest BCUT2D eigenvalue weighted by molar-refractivity contribution is 8.00. The predicted octanol–water partition coefficient (Wildman–Crippen LogP) is 2.35. The van der Waals surface area contributed by atoms with Crippen LogP contribution in [0.2, 0.25) is 0 Å². The second-order valence-corrected chi connectivity index (χ2v) is 7.91. The molecule has 1 unspecified atom stereocenters. The van der Waals surface area contributed by atoms with Gasteiger partial charge in [-0.15, -0.1) is 0 Å². The van der Waals surface area contributed by atoms with Gasteiger partial charge in [0.2, 0.25) is 5.43 Å². The zero-order valence-corrected chi connectivity index (χ0v) is 15.1. The van der Waals surface area contributed by atoms with Crippen LogP contribution >= 0.6 is 11.8 Å². The highest BCUT2D eigenvalue weighted by Gasteiger charge is 2.35. The normalized spacial score (nSPS) is 20.2. The van der Waals surface area contributed by atoms with Crippen LogP contribution in [0.3, 0.4) is 0 Å². The molecule has 1 saturated heterocycles. The summed E-state index contributed by atoms with van der Waals surface area (Å²) in [4.78, 5) is 27.7. The van der Waals surface area contributed by atoms with Crippen LogP contribution in [0.15, 0.2) is 15.9 Å². The van der Waals surface area contributed by atoms with Crippen molar-refractivity contribution in [3.05, 3.63) is 33.5 Å². The van der Waals surface area contributed by atoms with Crippen molar-refractivity contribution in [2.45, 2.75) is 17.3 Å². The van der Waals surface area contributed by atoms with E-state index in [1.54, 1.807) is 11.8 Å². The molecule has 0 radical (unpaired) electrons. The minimum Gasteiger partial charge on any atom is -0.477 e. The van der Waals surface area contributed by atoms with E-state index >= 15 is 4.39 Å². The second kappa shape index (κ2) is 5.95. The molecular formula is C17H17F2N3O3S. The highest BCUT2D eigenvalue weighted by Crippen LogP contribution is 2.47. The van der Waals surface area contributed by atoms with Crippen LogP contribution in [0.5, 0.6) is 0 Å². The van der Waals surface area contributed by atoms with Gasteiger partial charge in [-0.25, -0.2) is 13.6 Å². The van der Waals surface area contributed by atoms with Crippen LogP contribution in [0, 0.1) is 11.6 Å². The summed E-state index contributed by atoms with van der Waals surface area (Å²) in [5, 5.41) is 9.10. The molecule has 3 heterocycles. The van der Waals surface area contributed by atoms with Gasteiger partial charge in [0.15, 0.2) is 5.82 Å². The quantitative estimate of drug-likeness (QED) is 0.862. The molecule has 26 heavy (non-hydrogen) atoms. The number of aromatic nitrogens is 1. The molecule has 1 fully saturated rings. The number of benzene rings is 1. The van der Waals surface area contributed by atoms with E-state index in [1.807, 2.05) is 7.05 Å². The molecule has 0 bridgehead atoms. The van der Waals surface area contributed by atoms with E-state index in [1.165, 1.54) is 16.3 Å². The van der Waals surface area contributed by atoms with Gasteiger partial charge in [-0.2, -0.15) is 0 Å². The van der Waals surface area contributed by atoms with E-state index in [4.69, 9.17) is 0 Å². The largest absolute Gasteiger partial charge is 0.477 e. The monoisotopic (exact) mass is 381 g/mol. The van der Waals surface area contributed by atoms with Gasteiger partial charge >= 0.3 is 5.97 Å². The number of nitrogens with zero attached hydrogens (tertiary/aromatic N) is 3. The summed E-state index contributed by atoms with van der Waals surface area (Å²) >= 11 is 1.19. The van der Waals surface area contributed by atoms with Gasteiger partial charge in [-0.05, 0) is 20.0 Å². The van der Waals surface area contributed by atoms with Crippen molar-refractivity contribution in [2.24, 2.45) is 0 Å². The summed E-state index contributed by atoms with van der Waals surface area (Å²) in [5.41, 5.74) is -1.43. The summed E-state index contributed by atoms with van der Waals surface area (Å²) in [7, 11) is 1.94. The van der Waals surface area contributed by atoms with Gasteiger partial charge in [0.25, 0.3) is 0 Å². The van der Waals surface area contributed by atoms with Gasteiger partial charge < -0.3 is 19.5 Å². The van der Waals surface area contributed by atoms with Crippen LogP contribution in [-0.4, -0.2) is 53.8 Å². The lowest BCUT2D eigenvalue weighted by molar-refractivity contribution is 0.0689. The molecule has 1 atom stereocenters. The Bertz CT molecular complexity index is 999. The van der Waals surface area contributed by atoms with Gasteiger partial charge in [0.1, 0.15) is 17.1 Å². The van der Waals surface area contributed by atoms with Crippen LogP contribution in [-0.2, 0) is 0 Å². The van der Waals surface area contributed by atoms with E-state index in [0.29, 0.717) is 26.2 Å². The Hall–Kier alpha value is -2.13. The molecule has 2 aliphatic heterocycles. The Morgan fingerprint density at radius 2 is 1.92 bits per heavy atom. The number of piperazine rings is 1. The van der Waals surface area contributed by atoms with E-state index in [2.05, 4.69) is 4.90 Å². The smallest absolute Gasteiger partial charge is 0.342 e. The Morgan fingerprint density at radius 3 is 2.50 bits per heavy atom. The first-order valence-corrected chi connectivity index (χ1v) is 9.13. The first-order chi connectivity index (χ1) is 12.3. The average Bonchev–Trinajstić information content (AvgIpc) is 2.57. The van der Waals surface area contributed by atoms with E-state index in [9.17, 15) is 19.1 Å². The molecule has 6 nitrogen and oxygen atoms in total. The fourth-order valence-electron chi connectivity index (χ4n) is 3.60. The van der Waals surface area contributed by atoms with Crippen LogP contribution in [0.4, 0.5) is 14.5 Å². The number of fused-ring (bicyclic) bond motifs is 3. The third-order valence-electron chi connectivity index (χ3n) is 4.99. The number of carbonyl (C=O) groups is 1. The summed E-state index contributed by atoms with van der Waals surface area (Å²) in [6.45, 7) is 4.10. The molecule has 0 aliphatic carbocycles. The van der Waals surface area contributed by atoms with Crippen molar-refractivity contribution in [3.8, 4) is 0 Å². The zero-order valence-electron chi connectivity index (χ0n) is 14.3. The summed E-state index contributed by atoms with van der Waals surface area (Å²) in [6.07, 6.45) is 0. The van der Waals surface area contributed by atoms with Crippen molar-refractivity contribution in [1.82, 2.24) is 9.47 Å². The molecule has 2 aromatic rings. The molecule has 0 saturated carbocycles. The second-order valence-electron chi connectivity index (χ2n) is 6.61. The third-order valence-corrected chi connectivity index (χ3v) is 6.17. The van der Waals surface area contributed by atoms with Crippen molar-refractivity contribution in [1.29, 1.82) is 0 Å². The van der Waals surface area contributed by atoms with Crippen LogP contribution < -0.4 is 10.3 Å². The summed E-state index contributed by atoms with van der Waals surface area (Å²) < 4.78 is 31.6. The number of pyridine rings is 1. The zero-order chi connectivity index (χ0) is 18.7. The van der Waals surface area contributed by atoms with E-state index < -0.39 is 28.6 Å². The maximum absolute atomic E-state index is 15.4. The van der Waals surface area contributed by atoms with Gasteiger partial charge in [-0.3, -0.25) is 4.79 Å². The average molecular weight is 381 g/mol. The maximum Gasteiger partial charge on any atom is 0.342 e. The van der Waals surface area contributed by atoms with E-state index in [-0.39, 0.29) is 27.0 Å². The van der Waals surface area contributed by atoms with Gasteiger partial charge in [0, 0.05) is 26.2 Å². The molecule has 1 aromatic carbocycles. The lowest BCUT2D eigenvalue weighted by atomic mass is 10.1. The summed E-state index contributed by atoms with van der Waals surface area (Å²) in [6, 6.07) is 0.976. The molecule has 0 amide bonds. The van der Waals surface area contributed by atoms with E-state index in [0.717, 1.165) is 6.07 Å². The Morgan fingerprint density at radius 1 is 1.27 bits per heavy atom. The molecule has 0 spiro atoms. The number of aromatic carboxylic acids is 1. The predicted molar refractivity (Wildman–Crippen MR) is 95.4 cm³/mol. The van der Waals surface area contributed by atoms with Crippen LogP contribution in [0.1, 0.15) is 22.7 Å². The molecule has 9 heteroatoms. The molecule has 2 aliphatic rings. The first kappa shape index (κ1) is 17.3. The van der Waals surface area contributed by atoms with Crippen molar-refractivity contribution >= 4 is 34.3 Å². The molecule has 138 valence electrons. The number of carboxylic acids is 1. The number of anilines is 1. The van der Waals surface area contributed by atoms with Crippen molar-refractivity contribution in [2.75, 3.05) is 38.1 Å². The lowest BCUT2D eigenvalue weighted by Gasteiger charge is -2.36. The number of likely N-dealkylation sites (N-methyl/N-ethyl adjacent to an activating group) is 1. The standard InChI is InChI=1S/C17H17F2N3O3S/c1-8-22-13-9(15(23)11(17(24)25)16(22)26-8)7-10(18)14(12(13)19)21-5-3-20(2)4-6-21/h7-8H,3-6H2,1-2H3,(H,24,25). The van der Waals surface area contributed by atoms with Gasteiger partial charge in [0.05, 0.1) is 21.3 Å². The molecular weight excluding hydrogens is 364 g/mol.